The van der Waals surface area contributed by atoms with E-state index in [1.807, 2.05) is 0 Å². The normalized spacial score (nSPS) is 11.7. The van der Waals surface area contributed by atoms with Crippen LogP contribution in [0.25, 0.3) is 11.4 Å². The van der Waals surface area contributed by atoms with E-state index >= 15 is 0 Å². The molecule has 2 rings (SSSR count). The molecule has 0 aliphatic heterocycles. The fourth-order valence-corrected chi connectivity index (χ4v) is 2.12. The average molecular weight is 346 g/mol. The van der Waals surface area contributed by atoms with Crippen molar-refractivity contribution >= 4 is 15.9 Å². The summed E-state index contributed by atoms with van der Waals surface area (Å²) in [5.41, 5.74) is 5.23. The minimum absolute atomic E-state index is 0.0421. The Morgan fingerprint density at radius 1 is 1.20 bits per heavy atom. The average Bonchev–Trinajstić information content (AvgIpc) is 2.38. The van der Waals surface area contributed by atoms with E-state index in [1.54, 1.807) is 6.07 Å². The van der Waals surface area contributed by atoms with Crippen molar-refractivity contribution in [2.45, 2.75) is 12.6 Å². The Hall–Kier alpha value is -1.47. The molecular weight excluding hydrogens is 335 g/mol. The molecule has 0 amide bonds. The van der Waals surface area contributed by atoms with Gasteiger partial charge in [-0.15, -0.1) is 0 Å². The van der Waals surface area contributed by atoms with Crippen molar-refractivity contribution < 1.29 is 13.2 Å². The third-order valence-electron chi connectivity index (χ3n) is 2.64. The predicted molar refractivity (Wildman–Crippen MR) is 72.9 cm³/mol. The van der Waals surface area contributed by atoms with Gasteiger partial charge in [0.05, 0.1) is 5.56 Å². The van der Waals surface area contributed by atoms with Gasteiger partial charge in [-0.3, -0.25) is 0 Å². The molecule has 0 bridgehead atoms. The van der Waals surface area contributed by atoms with Gasteiger partial charge in [0.1, 0.15) is 0 Å². The SMILES string of the molecule is NCCc1ccnc(-c2ccc(Br)cc2C(F)(F)F)n1. The Morgan fingerprint density at radius 2 is 1.95 bits per heavy atom. The zero-order chi connectivity index (χ0) is 14.8. The van der Waals surface area contributed by atoms with Gasteiger partial charge >= 0.3 is 6.18 Å². The molecule has 2 N–H and O–H groups in total. The summed E-state index contributed by atoms with van der Waals surface area (Å²) in [6, 6.07) is 5.55. The molecule has 0 aliphatic carbocycles. The van der Waals surface area contributed by atoms with Crippen molar-refractivity contribution in [2.24, 2.45) is 5.73 Å². The standard InChI is InChI=1S/C13H11BrF3N3/c14-8-1-2-10(11(7-8)13(15,16)17)12-19-6-4-9(20-12)3-5-18/h1-2,4,6-7H,3,5,18H2. The van der Waals surface area contributed by atoms with Gasteiger partial charge in [-0.25, -0.2) is 9.97 Å². The van der Waals surface area contributed by atoms with Crippen LogP contribution in [0.15, 0.2) is 34.9 Å². The lowest BCUT2D eigenvalue weighted by Crippen LogP contribution is -2.09. The van der Waals surface area contributed by atoms with Gasteiger partial charge in [0, 0.05) is 28.3 Å². The first-order valence-corrected chi connectivity index (χ1v) is 6.60. The molecule has 1 aromatic carbocycles. The summed E-state index contributed by atoms with van der Waals surface area (Å²) in [5, 5.41) is 0. The van der Waals surface area contributed by atoms with Gasteiger partial charge in [-0.2, -0.15) is 13.2 Å². The summed E-state index contributed by atoms with van der Waals surface area (Å²) in [6.07, 6.45) is -2.53. The van der Waals surface area contributed by atoms with Crippen LogP contribution in [-0.2, 0) is 12.6 Å². The van der Waals surface area contributed by atoms with Crippen LogP contribution in [0.4, 0.5) is 13.2 Å². The van der Waals surface area contributed by atoms with Crippen molar-refractivity contribution in [3.05, 3.63) is 46.2 Å². The third kappa shape index (κ3) is 3.34. The van der Waals surface area contributed by atoms with Crippen molar-refractivity contribution in [1.82, 2.24) is 9.97 Å². The van der Waals surface area contributed by atoms with Crippen LogP contribution in [0, 0.1) is 0 Å². The van der Waals surface area contributed by atoms with E-state index in [0.29, 0.717) is 23.1 Å². The molecule has 1 heterocycles. The van der Waals surface area contributed by atoms with Gasteiger partial charge in [0.15, 0.2) is 5.82 Å². The number of benzene rings is 1. The van der Waals surface area contributed by atoms with Crippen LogP contribution in [0.2, 0.25) is 0 Å². The number of nitrogens with two attached hydrogens (primary N) is 1. The fraction of sp³-hybridized carbons (Fsp3) is 0.231. The molecular formula is C13H11BrF3N3. The molecule has 1 aromatic heterocycles. The van der Waals surface area contributed by atoms with E-state index in [2.05, 4.69) is 25.9 Å². The second kappa shape index (κ2) is 5.88. The molecule has 0 fully saturated rings. The third-order valence-corrected chi connectivity index (χ3v) is 3.13. The number of rotatable bonds is 3. The van der Waals surface area contributed by atoms with Gasteiger partial charge in [0.25, 0.3) is 0 Å². The summed E-state index contributed by atoms with van der Waals surface area (Å²) >= 11 is 3.04. The molecule has 2 aromatic rings. The van der Waals surface area contributed by atoms with Crippen LogP contribution in [0.1, 0.15) is 11.3 Å². The molecule has 0 atom stereocenters. The minimum atomic E-state index is -4.47. The summed E-state index contributed by atoms with van der Waals surface area (Å²) in [6.45, 7) is 0.378. The maximum atomic E-state index is 13.1. The highest BCUT2D eigenvalue weighted by atomic mass is 79.9. The van der Waals surface area contributed by atoms with Crippen molar-refractivity contribution in [1.29, 1.82) is 0 Å². The Bertz CT molecular complexity index is 614. The highest BCUT2D eigenvalue weighted by Crippen LogP contribution is 2.37. The Kier molecular flexibility index (Phi) is 4.39. The molecule has 3 nitrogen and oxygen atoms in total. The van der Waals surface area contributed by atoms with Gasteiger partial charge in [-0.05, 0) is 30.8 Å². The number of halogens is 4. The van der Waals surface area contributed by atoms with Gasteiger partial charge < -0.3 is 5.73 Å². The topological polar surface area (TPSA) is 51.8 Å². The number of nitrogens with zero attached hydrogens (tertiary/aromatic N) is 2. The van der Waals surface area contributed by atoms with Crippen molar-refractivity contribution in [3.63, 3.8) is 0 Å². The lowest BCUT2D eigenvalue weighted by molar-refractivity contribution is -0.137. The zero-order valence-electron chi connectivity index (χ0n) is 10.3. The lowest BCUT2D eigenvalue weighted by atomic mass is 10.1. The molecule has 0 unspecified atom stereocenters. The van der Waals surface area contributed by atoms with E-state index in [9.17, 15) is 13.2 Å². The molecule has 0 aliphatic rings. The molecule has 20 heavy (non-hydrogen) atoms. The Balaban J connectivity index is 2.55. The molecule has 0 radical (unpaired) electrons. The van der Waals surface area contributed by atoms with Crippen LogP contribution in [-0.4, -0.2) is 16.5 Å². The van der Waals surface area contributed by atoms with E-state index in [-0.39, 0.29) is 11.4 Å². The summed E-state index contributed by atoms with van der Waals surface area (Å²) in [4.78, 5) is 8.06. The van der Waals surface area contributed by atoms with Crippen molar-refractivity contribution in [3.8, 4) is 11.4 Å². The van der Waals surface area contributed by atoms with E-state index in [1.165, 1.54) is 18.3 Å². The van der Waals surface area contributed by atoms with Crippen LogP contribution in [0.3, 0.4) is 0 Å². The first-order valence-electron chi connectivity index (χ1n) is 5.81. The summed E-state index contributed by atoms with van der Waals surface area (Å²) < 4.78 is 39.6. The Labute approximate surface area is 122 Å². The van der Waals surface area contributed by atoms with Crippen LogP contribution < -0.4 is 5.73 Å². The molecule has 0 saturated carbocycles. The largest absolute Gasteiger partial charge is 0.417 e. The zero-order valence-corrected chi connectivity index (χ0v) is 11.9. The smallest absolute Gasteiger partial charge is 0.330 e. The second-order valence-electron chi connectivity index (χ2n) is 4.10. The van der Waals surface area contributed by atoms with Crippen LogP contribution in [0.5, 0.6) is 0 Å². The maximum Gasteiger partial charge on any atom is 0.417 e. The number of alkyl halides is 3. The quantitative estimate of drug-likeness (QED) is 0.927. The fourth-order valence-electron chi connectivity index (χ4n) is 1.76. The molecule has 7 heteroatoms. The first kappa shape index (κ1) is 14.9. The molecule has 106 valence electrons. The van der Waals surface area contributed by atoms with Gasteiger partial charge in [-0.1, -0.05) is 15.9 Å². The highest BCUT2D eigenvalue weighted by Gasteiger charge is 2.34. The van der Waals surface area contributed by atoms with E-state index in [0.717, 1.165) is 6.07 Å². The van der Waals surface area contributed by atoms with E-state index in [4.69, 9.17) is 5.73 Å². The molecule has 0 spiro atoms. The summed E-state index contributed by atoms with van der Waals surface area (Å²) in [5.74, 6) is 0.0516. The van der Waals surface area contributed by atoms with E-state index < -0.39 is 11.7 Å². The first-order chi connectivity index (χ1) is 9.41. The molecule has 0 saturated heterocycles. The lowest BCUT2D eigenvalue weighted by Gasteiger charge is -2.12. The predicted octanol–water partition coefficient (Wildman–Crippen LogP) is 3.43. The minimum Gasteiger partial charge on any atom is -0.330 e. The number of aromatic nitrogens is 2. The summed E-state index contributed by atoms with van der Waals surface area (Å²) in [7, 11) is 0. The Morgan fingerprint density at radius 3 is 2.60 bits per heavy atom. The monoisotopic (exact) mass is 345 g/mol. The highest BCUT2D eigenvalue weighted by molar-refractivity contribution is 9.10. The van der Waals surface area contributed by atoms with Crippen LogP contribution >= 0.6 is 15.9 Å². The maximum absolute atomic E-state index is 13.1. The number of hydrogen-bond donors (Lipinski definition) is 1. The van der Waals surface area contributed by atoms with Gasteiger partial charge in [0.2, 0.25) is 0 Å². The number of hydrogen-bond acceptors (Lipinski definition) is 3. The second-order valence-corrected chi connectivity index (χ2v) is 5.01. The van der Waals surface area contributed by atoms with Crippen molar-refractivity contribution in [2.75, 3.05) is 6.54 Å².